The van der Waals surface area contributed by atoms with Crippen LogP contribution in [0.3, 0.4) is 0 Å². The lowest BCUT2D eigenvalue weighted by Crippen LogP contribution is -2.51. The molecule has 0 aliphatic rings. The minimum absolute atomic E-state index is 0.0918. The summed E-state index contributed by atoms with van der Waals surface area (Å²) in [6.07, 6.45) is 3.68. The SMILES string of the molecule is CCCCNC(=O)C(C)N(Cc1ccc(C)cc1)C(=O)CN(c1ccc(C)cc1)S(=O)(=O)c1ccc(SC)cc1. The van der Waals surface area contributed by atoms with Crippen LogP contribution < -0.4 is 9.62 Å². The molecule has 9 heteroatoms. The molecule has 1 atom stereocenters. The molecular formula is C31H39N3O4S2. The minimum atomic E-state index is -4.09. The maximum Gasteiger partial charge on any atom is 0.264 e. The molecule has 3 aromatic rings. The largest absolute Gasteiger partial charge is 0.354 e. The molecular weight excluding hydrogens is 542 g/mol. The molecule has 0 aliphatic carbocycles. The molecule has 2 amide bonds. The smallest absolute Gasteiger partial charge is 0.264 e. The van der Waals surface area contributed by atoms with Crippen molar-refractivity contribution in [2.24, 2.45) is 0 Å². The molecule has 214 valence electrons. The fourth-order valence-corrected chi connectivity index (χ4v) is 5.95. The molecule has 0 aliphatic heterocycles. The third kappa shape index (κ3) is 8.11. The Balaban J connectivity index is 1.99. The van der Waals surface area contributed by atoms with Gasteiger partial charge in [0.1, 0.15) is 12.6 Å². The molecule has 0 fully saturated rings. The highest BCUT2D eigenvalue weighted by Gasteiger charge is 2.32. The first-order chi connectivity index (χ1) is 19.1. The fraction of sp³-hybridized carbons (Fsp3) is 0.355. The van der Waals surface area contributed by atoms with Gasteiger partial charge < -0.3 is 10.2 Å². The predicted molar refractivity (Wildman–Crippen MR) is 163 cm³/mol. The number of unbranched alkanes of at least 4 members (excludes halogenated alkanes) is 1. The molecule has 0 saturated heterocycles. The molecule has 7 nitrogen and oxygen atoms in total. The Morgan fingerprint density at radius 1 is 0.900 bits per heavy atom. The van der Waals surface area contributed by atoms with E-state index in [1.54, 1.807) is 43.3 Å². The average molecular weight is 582 g/mol. The quantitative estimate of drug-likeness (QED) is 0.211. The number of anilines is 1. The lowest BCUT2D eigenvalue weighted by molar-refractivity contribution is -0.139. The molecule has 0 heterocycles. The van der Waals surface area contributed by atoms with Gasteiger partial charge in [-0.2, -0.15) is 0 Å². The van der Waals surface area contributed by atoms with Crippen LogP contribution in [0.15, 0.2) is 82.6 Å². The maximum atomic E-state index is 14.0. The Bertz CT molecular complexity index is 1370. The lowest BCUT2D eigenvalue weighted by atomic mass is 10.1. The summed E-state index contributed by atoms with van der Waals surface area (Å²) in [6.45, 7) is 7.85. The highest BCUT2D eigenvalue weighted by Crippen LogP contribution is 2.26. The van der Waals surface area contributed by atoms with Gasteiger partial charge in [-0.25, -0.2) is 8.42 Å². The second-order valence-corrected chi connectivity index (χ2v) is 12.6. The van der Waals surface area contributed by atoms with Crippen LogP contribution in [0.5, 0.6) is 0 Å². The first-order valence-corrected chi connectivity index (χ1v) is 16.1. The van der Waals surface area contributed by atoms with Crippen molar-refractivity contribution in [3.63, 3.8) is 0 Å². The third-order valence-corrected chi connectivity index (χ3v) is 9.25. The van der Waals surface area contributed by atoms with Gasteiger partial charge in [-0.3, -0.25) is 13.9 Å². The number of hydrogen-bond donors (Lipinski definition) is 1. The van der Waals surface area contributed by atoms with Gasteiger partial charge >= 0.3 is 0 Å². The standard InChI is InChI=1S/C31H39N3O4S2/c1-6-7-20-32-31(36)25(4)33(21-26-12-8-23(2)9-13-26)30(35)22-34(27-14-10-24(3)11-15-27)40(37,38)29-18-16-28(39-5)17-19-29/h8-19,25H,6-7,20-22H2,1-5H3,(H,32,36). The predicted octanol–water partition coefficient (Wildman–Crippen LogP) is 5.55. The summed E-state index contributed by atoms with van der Waals surface area (Å²) in [6, 6.07) is 20.6. The average Bonchev–Trinajstić information content (AvgIpc) is 2.95. The molecule has 0 radical (unpaired) electrons. The van der Waals surface area contributed by atoms with Crippen molar-refractivity contribution in [1.29, 1.82) is 0 Å². The van der Waals surface area contributed by atoms with Crippen molar-refractivity contribution in [3.8, 4) is 0 Å². The molecule has 3 aromatic carbocycles. The highest BCUT2D eigenvalue weighted by molar-refractivity contribution is 7.98. The van der Waals surface area contributed by atoms with E-state index in [9.17, 15) is 18.0 Å². The number of aryl methyl sites for hydroxylation is 2. The molecule has 1 unspecified atom stereocenters. The van der Waals surface area contributed by atoms with Gasteiger partial charge in [0.15, 0.2) is 0 Å². The Labute approximate surface area is 243 Å². The molecule has 40 heavy (non-hydrogen) atoms. The number of carbonyl (C=O) groups excluding carboxylic acids is 2. The Hall–Kier alpha value is -3.30. The Kier molecular flexibility index (Phi) is 11.2. The molecule has 0 spiro atoms. The van der Waals surface area contributed by atoms with Gasteiger partial charge in [0.25, 0.3) is 10.0 Å². The third-order valence-electron chi connectivity index (χ3n) is 6.72. The van der Waals surface area contributed by atoms with Gasteiger partial charge in [0.2, 0.25) is 11.8 Å². The fourth-order valence-electron chi connectivity index (χ4n) is 4.12. The van der Waals surface area contributed by atoms with Crippen LogP contribution in [0.2, 0.25) is 0 Å². The summed E-state index contributed by atoms with van der Waals surface area (Å²) in [5.41, 5.74) is 3.28. The van der Waals surface area contributed by atoms with Gasteiger partial charge in [0.05, 0.1) is 10.6 Å². The van der Waals surface area contributed by atoms with Crippen LogP contribution in [0, 0.1) is 13.8 Å². The van der Waals surface area contributed by atoms with Crippen molar-refractivity contribution in [2.45, 2.75) is 62.9 Å². The lowest BCUT2D eigenvalue weighted by Gasteiger charge is -2.32. The summed E-state index contributed by atoms with van der Waals surface area (Å²) >= 11 is 1.52. The highest BCUT2D eigenvalue weighted by atomic mass is 32.2. The van der Waals surface area contributed by atoms with E-state index in [4.69, 9.17) is 0 Å². The van der Waals surface area contributed by atoms with E-state index >= 15 is 0 Å². The molecule has 0 saturated carbocycles. The van der Waals surface area contributed by atoms with E-state index in [1.807, 2.05) is 63.4 Å². The zero-order valence-corrected chi connectivity index (χ0v) is 25.5. The second kappa shape index (κ2) is 14.4. The van der Waals surface area contributed by atoms with E-state index in [-0.39, 0.29) is 17.3 Å². The summed E-state index contributed by atoms with van der Waals surface area (Å²) in [4.78, 5) is 29.5. The van der Waals surface area contributed by atoms with Crippen molar-refractivity contribution in [3.05, 3.63) is 89.5 Å². The normalized spacial score (nSPS) is 12.0. The van der Waals surface area contributed by atoms with Gasteiger partial charge in [-0.05, 0) is 75.4 Å². The van der Waals surface area contributed by atoms with Crippen molar-refractivity contribution in [1.82, 2.24) is 10.2 Å². The number of thioether (sulfide) groups is 1. The zero-order valence-electron chi connectivity index (χ0n) is 23.9. The Morgan fingerprint density at radius 3 is 2.02 bits per heavy atom. The van der Waals surface area contributed by atoms with E-state index < -0.39 is 28.5 Å². The van der Waals surface area contributed by atoms with Gasteiger partial charge in [0, 0.05) is 18.0 Å². The number of benzene rings is 3. The van der Waals surface area contributed by atoms with Crippen molar-refractivity contribution < 1.29 is 18.0 Å². The molecule has 1 N–H and O–H groups in total. The van der Waals surface area contributed by atoms with E-state index in [1.165, 1.54) is 16.7 Å². The number of nitrogens with one attached hydrogen (secondary N) is 1. The number of carbonyl (C=O) groups is 2. The van der Waals surface area contributed by atoms with Gasteiger partial charge in [-0.1, -0.05) is 60.9 Å². The van der Waals surface area contributed by atoms with Crippen LogP contribution in [0.4, 0.5) is 5.69 Å². The van der Waals surface area contributed by atoms with Gasteiger partial charge in [-0.15, -0.1) is 11.8 Å². The molecule has 0 aromatic heterocycles. The molecule has 0 bridgehead atoms. The van der Waals surface area contributed by atoms with E-state index in [0.717, 1.165) is 38.7 Å². The van der Waals surface area contributed by atoms with Crippen LogP contribution in [0.1, 0.15) is 43.4 Å². The van der Waals surface area contributed by atoms with Crippen molar-refractivity contribution >= 4 is 39.3 Å². The van der Waals surface area contributed by atoms with E-state index in [2.05, 4.69) is 5.32 Å². The zero-order chi connectivity index (χ0) is 29.3. The Morgan fingerprint density at radius 2 is 1.48 bits per heavy atom. The number of hydrogen-bond acceptors (Lipinski definition) is 5. The number of amides is 2. The summed E-state index contributed by atoms with van der Waals surface area (Å²) < 4.78 is 29.0. The first kappa shape index (κ1) is 31.2. The minimum Gasteiger partial charge on any atom is -0.354 e. The van der Waals surface area contributed by atoms with E-state index in [0.29, 0.717) is 12.2 Å². The first-order valence-electron chi connectivity index (χ1n) is 13.4. The number of nitrogens with zero attached hydrogens (tertiary/aromatic N) is 2. The number of rotatable bonds is 13. The summed E-state index contributed by atoms with van der Waals surface area (Å²) in [5, 5.41) is 2.91. The van der Waals surface area contributed by atoms with Crippen LogP contribution in [0.25, 0.3) is 0 Å². The monoisotopic (exact) mass is 581 g/mol. The maximum absolute atomic E-state index is 14.0. The second-order valence-electron chi connectivity index (χ2n) is 9.85. The molecule has 3 rings (SSSR count). The summed E-state index contributed by atoms with van der Waals surface area (Å²) in [7, 11) is -4.09. The van der Waals surface area contributed by atoms with Crippen molar-refractivity contribution in [2.75, 3.05) is 23.7 Å². The van der Waals surface area contributed by atoms with Crippen LogP contribution >= 0.6 is 11.8 Å². The summed E-state index contributed by atoms with van der Waals surface area (Å²) in [5.74, 6) is -0.741. The number of sulfonamides is 1. The topological polar surface area (TPSA) is 86.8 Å². The van der Waals surface area contributed by atoms with Crippen LogP contribution in [-0.2, 0) is 26.2 Å². The van der Waals surface area contributed by atoms with Crippen LogP contribution in [-0.4, -0.2) is 50.5 Å².